The van der Waals surface area contributed by atoms with Gasteiger partial charge < -0.3 is 14.3 Å². The fraction of sp³-hybridized carbons (Fsp3) is 0.727. The maximum absolute atomic E-state index is 9.19. The molecule has 2 unspecified atom stereocenters. The van der Waals surface area contributed by atoms with E-state index in [0.29, 0.717) is 6.42 Å². The van der Waals surface area contributed by atoms with Crippen molar-refractivity contribution >= 4 is 0 Å². The van der Waals surface area contributed by atoms with Crippen LogP contribution in [0.15, 0.2) is 10.7 Å². The largest absolute Gasteiger partial charge is 0.449 e. The normalized spacial score (nSPS) is 23.2. The Bertz CT molecular complexity index is 303. The Morgan fingerprint density at radius 2 is 2.53 bits per heavy atom. The average molecular weight is 211 g/mol. The third kappa shape index (κ3) is 3.04. The highest BCUT2D eigenvalue weighted by molar-refractivity contribution is 4.99. The molecule has 0 aliphatic carbocycles. The Morgan fingerprint density at radius 1 is 1.67 bits per heavy atom. The molecule has 0 bridgehead atoms. The van der Waals surface area contributed by atoms with Gasteiger partial charge in [0.1, 0.15) is 6.26 Å². The Morgan fingerprint density at radius 3 is 3.20 bits per heavy atom. The lowest BCUT2D eigenvalue weighted by Crippen LogP contribution is -2.09. The number of ether oxygens (including phenoxy) is 1. The van der Waals surface area contributed by atoms with Gasteiger partial charge in [-0.25, -0.2) is 4.98 Å². The number of aliphatic hydroxyl groups excluding tert-OH is 1. The van der Waals surface area contributed by atoms with Crippen molar-refractivity contribution in [3.05, 3.63) is 17.8 Å². The van der Waals surface area contributed by atoms with Crippen molar-refractivity contribution in [1.82, 2.24) is 4.98 Å². The Balaban J connectivity index is 1.88. The van der Waals surface area contributed by atoms with E-state index < -0.39 is 0 Å². The smallest absolute Gasteiger partial charge is 0.196 e. The van der Waals surface area contributed by atoms with E-state index in [2.05, 4.69) is 4.98 Å². The van der Waals surface area contributed by atoms with E-state index in [9.17, 15) is 5.11 Å². The van der Waals surface area contributed by atoms with Crippen LogP contribution in [0.4, 0.5) is 0 Å². The van der Waals surface area contributed by atoms with Gasteiger partial charge in [0.25, 0.3) is 0 Å². The van der Waals surface area contributed by atoms with Gasteiger partial charge >= 0.3 is 0 Å². The first-order chi connectivity index (χ1) is 7.24. The zero-order valence-corrected chi connectivity index (χ0v) is 8.98. The van der Waals surface area contributed by atoms with Crippen LogP contribution < -0.4 is 0 Å². The molecule has 1 fully saturated rings. The molecular formula is C11H17NO3. The molecule has 2 atom stereocenters. The van der Waals surface area contributed by atoms with E-state index in [0.717, 1.165) is 37.5 Å². The molecule has 4 nitrogen and oxygen atoms in total. The molecule has 0 spiro atoms. The van der Waals surface area contributed by atoms with Crippen LogP contribution >= 0.6 is 0 Å². The zero-order valence-electron chi connectivity index (χ0n) is 8.98. The molecule has 0 saturated carbocycles. The number of hydrogen-bond acceptors (Lipinski definition) is 4. The van der Waals surface area contributed by atoms with E-state index in [1.54, 1.807) is 13.2 Å². The minimum Gasteiger partial charge on any atom is -0.449 e. The molecule has 15 heavy (non-hydrogen) atoms. The van der Waals surface area contributed by atoms with Crippen LogP contribution in [0, 0.1) is 0 Å². The van der Waals surface area contributed by atoms with Gasteiger partial charge in [-0.3, -0.25) is 0 Å². The molecule has 0 radical (unpaired) electrons. The van der Waals surface area contributed by atoms with Gasteiger partial charge in [0.15, 0.2) is 5.89 Å². The van der Waals surface area contributed by atoms with Crippen LogP contribution in [0.25, 0.3) is 0 Å². The van der Waals surface area contributed by atoms with Crippen LogP contribution in [-0.2, 0) is 17.6 Å². The van der Waals surface area contributed by atoms with Gasteiger partial charge in [-0.1, -0.05) is 0 Å². The lowest BCUT2D eigenvalue weighted by molar-refractivity contribution is 0.106. The monoisotopic (exact) mass is 211 g/mol. The summed E-state index contributed by atoms with van der Waals surface area (Å²) in [4.78, 5) is 4.31. The summed E-state index contributed by atoms with van der Waals surface area (Å²) in [5.41, 5.74) is 0.818. The van der Waals surface area contributed by atoms with Gasteiger partial charge in [-0.2, -0.15) is 0 Å². The second-order valence-corrected chi connectivity index (χ2v) is 4.12. The summed E-state index contributed by atoms with van der Waals surface area (Å²) in [7, 11) is 0. The summed E-state index contributed by atoms with van der Waals surface area (Å²) in [5, 5.41) is 9.19. The number of hydrogen-bond donors (Lipinski definition) is 1. The number of aliphatic hydroxyl groups is 1. The minimum absolute atomic E-state index is 0.267. The summed E-state index contributed by atoms with van der Waals surface area (Å²) < 4.78 is 10.8. The second-order valence-electron chi connectivity index (χ2n) is 4.12. The van der Waals surface area contributed by atoms with Crippen molar-refractivity contribution in [2.45, 2.75) is 44.8 Å². The van der Waals surface area contributed by atoms with Crippen molar-refractivity contribution in [1.29, 1.82) is 0 Å². The van der Waals surface area contributed by atoms with Crippen molar-refractivity contribution in [2.75, 3.05) is 6.61 Å². The molecule has 2 heterocycles. The van der Waals surface area contributed by atoms with Gasteiger partial charge in [0.2, 0.25) is 0 Å². The summed E-state index contributed by atoms with van der Waals surface area (Å²) in [6.45, 7) is 2.60. The highest BCUT2D eigenvalue weighted by Crippen LogP contribution is 2.17. The third-order valence-electron chi connectivity index (χ3n) is 2.53. The lowest BCUT2D eigenvalue weighted by atomic mass is 10.2. The van der Waals surface area contributed by atoms with Gasteiger partial charge in [-0.15, -0.1) is 0 Å². The molecule has 84 valence electrons. The Labute approximate surface area is 89.3 Å². The second kappa shape index (κ2) is 4.77. The van der Waals surface area contributed by atoms with Crippen molar-refractivity contribution < 1.29 is 14.3 Å². The van der Waals surface area contributed by atoms with E-state index in [1.807, 2.05) is 0 Å². The summed E-state index contributed by atoms with van der Waals surface area (Å²) >= 11 is 0. The summed E-state index contributed by atoms with van der Waals surface area (Å²) in [6, 6.07) is 0. The molecule has 2 rings (SSSR count). The van der Waals surface area contributed by atoms with Crippen molar-refractivity contribution in [3.63, 3.8) is 0 Å². The SMILES string of the molecule is CC(O)Cc1coc(CC2CCCO2)n1. The first kappa shape index (κ1) is 10.6. The van der Waals surface area contributed by atoms with Gasteiger partial charge in [-0.05, 0) is 19.8 Å². The van der Waals surface area contributed by atoms with Crippen molar-refractivity contribution in [2.24, 2.45) is 0 Å². The van der Waals surface area contributed by atoms with Gasteiger partial charge in [0.05, 0.1) is 24.3 Å². The lowest BCUT2D eigenvalue weighted by Gasteiger charge is -2.04. The zero-order chi connectivity index (χ0) is 10.7. The average Bonchev–Trinajstić information content (AvgIpc) is 2.77. The molecule has 4 heteroatoms. The summed E-state index contributed by atoms with van der Waals surface area (Å²) in [6.07, 6.45) is 5.04. The molecule has 1 aromatic rings. The molecule has 0 amide bonds. The fourth-order valence-electron chi connectivity index (χ4n) is 1.84. The van der Waals surface area contributed by atoms with Crippen LogP contribution in [0.1, 0.15) is 31.4 Å². The molecule has 1 N–H and O–H groups in total. The van der Waals surface area contributed by atoms with Crippen LogP contribution in [0.2, 0.25) is 0 Å². The van der Waals surface area contributed by atoms with Crippen molar-refractivity contribution in [3.8, 4) is 0 Å². The van der Waals surface area contributed by atoms with Crippen LogP contribution in [0.3, 0.4) is 0 Å². The van der Waals surface area contributed by atoms with Crippen LogP contribution in [0.5, 0.6) is 0 Å². The highest BCUT2D eigenvalue weighted by atomic mass is 16.5. The van der Waals surface area contributed by atoms with E-state index in [4.69, 9.17) is 9.15 Å². The minimum atomic E-state index is -0.370. The molecule has 1 aromatic heterocycles. The maximum atomic E-state index is 9.19. The topological polar surface area (TPSA) is 55.5 Å². The Hall–Kier alpha value is -0.870. The van der Waals surface area contributed by atoms with E-state index >= 15 is 0 Å². The predicted molar refractivity (Wildman–Crippen MR) is 54.6 cm³/mol. The quantitative estimate of drug-likeness (QED) is 0.816. The number of nitrogens with zero attached hydrogens (tertiary/aromatic N) is 1. The Kier molecular flexibility index (Phi) is 3.38. The van der Waals surface area contributed by atoms with Gasteiger partial charge in [0, 0.05) is 13.0 Å². The fourth-order valence-corrected chi connectivity index (χ4v) is 1.84. The van der Waals surface area contributed by atoms with Crippen LogP contribution in [-0.4, -0.2) is 28.9 Å². The third-order valence-corrected chi connectivity index (χ3v) is 2.53. The van der Waals surface area contributed by atoms with E-state index in [1.165, 1.54) is 0 Å². The molecule has 1 saturated heterocycles. The standard InChI is InChI=1S/C11H17NO3/c1-8(13)5-9-7-15-11(12-9)6-10-3-2-4-14-10/h7-8,10,13H,2-6H2,1H3. The van der Waals surface area contributed by atoms with E-state index in [-0.39, 0.29) is 12.2 Å². The maximum Gasteiger partial charge on any atom is 0.196 e. The predicted octanol–water partition coefficient (Wildman–Crippen LogP) is 1.32. The number of aromatic nitrogens is 1. The first-order valence-electron chi connectivity index (χ1n) is 5.47. The first-order valence-corrected chi connectivity index (χ1v) is 5.47. The molecule has 0 aromatic carbocycles. The number of rotatable bonds is 4. The summed E-state index contributed by atoms with van der Waals surface area (Å²) in [5.74, 6) is 0.720. The molecule has 1 aliphatic rings. The number of oxazole rings is 1. The highest BCUT2D eigenvalue weighted by Gasteiger charge is 2.18. The molecule has 1 aliphatic heterocycles. The molecular weight excluding hydrogens is 194 g/mol.